The van der Waals surface area contributed by atoms with E-state index < -0.39 is 6.10 Å². The van der Waals surface area contributed by atoms with Crippen LogP contribution >= 0.6 is 11.6 Å². The number of hydrogen-bond acceptors (Lipinski definition) is 3. The molecule has 0 saturated carbocycles. The first-order valence-electron chi connectivity index (χ1n) is 8.29. The number of hydrogen-bond donors (Lipinski definition) is 3. The number of nitrogens with zero attached hydrogens (tertiary/aromatic N) is 1. The van der Waals surface area contributed by atoms with Gasteiger partial charge in [-0.25, -0.2) is 0 Å². The number of ether oxygens (including phenoxy) is 1. The first-order chi connectivity index (χ1) is 11.2. The molecule has 6 heteroatoms. The second-order valence-corrected chi connectivity index (χ2v) is 6.58. The molecule has 2 heterocycles. The Morgan fingerprint density at radius 2 is 2.17 bits per heavy atom. The van der Waals surface area contributed by atoms with E-state index in [1.54, 1.807) is 12.1 Å². The van der Waals surface area contributed by atoms with Crippen LogP contribution in [0.5, 0.6) is 0 Å². The SMILES string of the molecule is CCNC(=NCC(O)c1ccc(Cl)cc1)NC1CC2CCC1O2. The van der Waals surface area contributed by atoms with Crippen LogP contribution in [0.3, 0.4) is 0 Å². The molecule has 2 aliphatic heterocycles. The molecule has 3 rings (SSSR count). The van der Waals surface area contributed by atoms with E-state index in [1.807, 2.05) is 19.1 Å². The molecule has 4 unspecified atom stereocenters. The lowest BCUT2D eigenvalue weighted by atomic mass is 9.96. The van der Waals surface area contributed by atoms with Crippen molar-refractivity contribution in [2.75, 3.05) is 13.1 Å². The Labute approximate surface area is 142 Å². The summed E-state index contributed by atoms with van der Waals surface area (Å²) < 4.78 is 5.86. The normalized spacial score (nSPS) is 28.0. The smallest absolute Gasteiger partial charge is 0.191 e. The Bertz CT molecular complexity index is 549. The van der Waals surface area contributed by atoms with Crippen LogP contribution in [0.1, 0.15) is 37.9 Å². The Morgan fingerprint density at radius 3 is 2.78 bits per heavy atom. The average molecular weight is 338 g/mol. The zero-order chi connectivity index (χ0) is 16.2. The number of nitrogens with one attached hydrogen (secondary N) is 2. The Balaban J connectivity index is 1.58. The molecule has 0 radical (unpaired) electrons. The number of fused-ring (bicyclic) bond motifs is 2. The average Bonchev–Trinajstić information content (AvgIpc) is 3.16. The Morgan fingerprint density at radius 1 is 1.39 bits per heavy atom. The first-order valence-corrected chi connectivity index (χ1v) is 8.67. The molecule has 1 aromatic carbocycles. The summed E-state index contributed by atoms with van der Waals surface area (Å²) in [5, 5.41) is 17.6. The maximum Gasteiger partial charge on any atom is 0.191 e. The molecule has 2 aliphatic rings. The van der Waals surface area contributed by atoms with Gasteiger partial charge in [0.25, 0.3) is 0 Å². The number of rotatable bonds is 5. The fourth-order valence-corrected chi connectivity index (χ4v) is 3.38. The largest absolute Gasteiger partial charge is 0.386 e. The maximum atomic E-state index is 10.3. The minimum Gasteiger partial charge on any atom is -0.386 e. The molecule has 2 bridgehead atoms. The van der Waals surface area contributed by atoms with Crippen LogP contribution in [0.25, 0.3) is 0 Å². The van der Waals surface area contributed by atoms with Crippen molar-refractivity contribution in [3.8, 4) is 0 Å². The van der Waals surface area contributed by atoms with Crippen LogP contribution in [0.15, 0.2) is 29.3 Å². The molecule has 4 atom stereocenters. The highest BCUT2D eigenvalue weighted by Gasteiger charge is 2.41. The molecule has 0 spiro atoms. The van der Waals surface area contributed by atoms with E-state index in [2.05, 4.69) is 15.6 Å². The number of aliphatic imine (C=N–C) groups is 1. The third-order valence-electron chi connectivity index (χ3n) is 4.45. The second kappa shape index (κ2) is 7.51. The zero-order valence-corrected chi connectivity index (χ0v) is 14.1. The van der Waals surface area contributed by atoms with Crippen LogP contribution in [0, 0.1) is 0 Å². The van der Waals surface area contributed by atoms with Crippen molar-refractivity contribution >= 4 is 17.6 Å². The summed E-state index contributed by atoms with van der Waals surface area (Å²) in [6.07, 6.45) is 3.39. The van der Waals surface area contributed by atoms with E-state index in [0.717, 1.165) is 30.9 Å². The van der Waals surface area contributed by atoms with Crippen molar-refractivity contribution < 1.29 is 9.84 Å². The maximum absolute atomic E-state index is 10.3. The standard InChI is InChI=1S/C17H24ClN3O2/c1-2-19-17(21-14-9-13-7-8-16(14)23-13)20-10-15(22)11-3-5-12(18)6-4-11/h3-6,13-16,22H,2,7-10H2,1H3,(H2,19,20,21). The van der Waals surface area contributed by atoms with Crippen molar-refractivity contribution in [3.05, 3.63) is 34.9 Å². The van der Waals surface area contributed by atoms with Gasteiger partial charge in [0.15, 0.2) is 5.96 Å². The molecule has 0 aromatic heterocycles. The van der Waals surface area contributed by atoms with Crippen molar-refractivity contribution in [1.29, 1.82) is 0 Å². The van der Waals surface area contributed by atoms with Crippen LogP contribution in [0.2, 0.25) is 5.02 Å². The fourth-order valence-electron chi connectivity index (χ4n) is 3.25. The van der Waals surface area contributed by atoms with Gasteiger partial charge in [-0.15, -0.1) is 0 Å². The van der Waals surface area contributed by atoms with E-state index in [4.69, 9.17) is 16.3 Å². The van der Waals surface area contributed by atoms with E-state index >= 15 is 0 Å². The number of guanidine groups is 1. The van der Waals surface area contributed by atoms with Gasteiger partial charge in [-0.05, 0) is 43.9 Å². The summed E-state index contributed by atoms with van der Waals surface area (Å²) in [5.74, 6) is 0.738. The highest BCUT2D eigenvalue weighted by molar-refractivity contribution is 6.30. The van der Waals surface area contributed by atoms with Crippen molar-refractivity contribution in [3.63, 3.8) is 0 Å². The Hall–Kier alpha value is -1.30. The molecular formula is C17H24ClN3O2. The van der Waals surface area contributed by atoms with E-state index in [-0.39, 0.29) is 0 Å². The van der Waals surface area contributed by atoms with Gasteiger partial charge >= 0.3 is 0 Å². The molecule has 2 saturated heterocycles. The fraction of sp³-hybridized carbons (Fsp3) is 0.588. The summed E-state index contributed by atoms with van der Waals surface area (Å²) in [5.41, 5.74) is 0.817. The van der Waals surface area contributed by atoms with Gasteiger partial charge in [-0.2, -0.15) is 0 Å². The lowest BCUT2D eigenvalue weighted by Crippen LogP contribution is -2.47. The van der Waals surface area contributed by atoms with Gasteiger partial charge in [-0.1, -0.05) is 23.7 Å². The number of aliphatic hydroxyl groups excluding tert-OH is 1. The molecule has 0 aliphatic carbocycles. The topological polar surface area (TPSA) is 65.9 Å². The Kier molecular flexibility index (Phi) is 5.41. The van der Waals surface area contributed by atoms with Gasteiger partial charge < -0.3 is 20.5 Å². The van der Waals surface area contributed by atoms with Gasteiger partial charge in [0.1, 0.15) is 0 Å². The predicted molar refractivity (Wildman–Crippen MR) is 91.8 cm³/mol. The van der Waals surface area contributed by atoms with Gasteiger partial charge in [0.05, 0.1) is 30.9 Å². The summed E-state index contributed by atoms with van der Waals surface area (Å²) >= 11 is 5.87. The number of benzene rings is 1. The van der Waals surface area contributed by atoms with E-state index in [9.17, 15) is 5.11 Å². The quantitative estimate of drug-likeness (QED) is 0.569. The van der Waals surface area contributed by atoms with Gasteiger partial charge in [0, 0.05) is 11.6 Å². The van der Waals surface area contributed by atoms with Gasteiger partial charge in [0.2, 0.25) is 0 Å². The number of halogens is 1. The summed E-state index contributed by atoms with van der Waals surface area (Å²) in [6, 6.07) is 7.53. The third kappa shape index (κ3) is 4.16. The molecule has 1 aromatic rings. The zero-order valence-electron chi connectivity index (χ0n) is 13.3. The van der Waals surface area contributed by atoms with E-state index in [1.165, 1.54) is 6.42 Å². The van der Waals surface area contributed by atoms with Crippen LogP contribution in [-0.2, 0) is 4.74 Å². The van der Waals surface area contributed by atoms with Gasteiger partial charge in [-0.3, -0.25) is 4.99 Å². The third-order valence-corrected chi connectivity index (χ3v) is 4.70. The highest BCUT2D eigenvalue weighted by atomic mass is 35.5. The molecule has 126 valence electrons. The van der Waals surface area contributed by atoms with Crippen molar-refractivity contribution in [1.82, 2.24) is 10.6 Å². The molecule has 0 amide bonds. The van der Waals surface area contributed by atoms with E-state index in [0.29, 0.717) is 29.8 Å². The van der Waals surface area contributed by atoms with Crippen LogP contribution < -0.4 is 10.6 Å². The second-order valence-electron chi connectivity index (χ2n) is 6.15. The lowest BCUT2D eigenvalue weighted by molar-refractivity contribution is 0.0992. The summed E-state index contributed by atoms with van der Waals surface area (Å²) in [7, 11) is 0. The van der Waals surface area contributed by atoms with Crippen molar-refractivity contribution in [2.45, 2.75) is 50.5 Å². The monoisotopic (exact) mass is 337 g/mol. The minimum atomic E-state index is -0.640. The predicted octanol–water partition coefficient (Wildman–Crippen LogP) is 2.25. The number of aliphatic hydroxyl groups is 1. The van der Waals surface area contributed by atoms with Crippen LogP contribution in [0.4, 0.5) is 0 Å². The van der Waals surface area contributed by atoms with Crippen LogP contribution in [-0.4, -0.2) is 42.4 Å². The molecular weight excluding hydrogens is 314 g/mol. The molecule has 5 nitrogen and oxygen atoms in total. The first kappa shape index (κ1) is 16.6. The lowest BCUT2D eigenvalue weighted by Gasteiger charge is -2.23. The summed E-state index contributed by atoms with van der Waals surface area (Å²) in [6.45, 7) is 3.12. The molecule has 3 N–H and O–H groups in total. The molecule has 23 heavy (non-hydrogen) atoms. The summed E-state index contributed by atoms with van der Waals surface area (Å²) in [4.78, 5) is 4.52. The highest BCUT2D eigenvalue weighted by Crippen LogP contribution is 2.34. The molecule has 2 fully saturated rings. The minimum absolute atomic E-state index is 0.296. The van der Waals surface area contributed by atoms with Crippen molar-refractivity contribution in [2.24, 2.45) is 4.99 Å².